The first-order chi connectivity index (χ1) is 11.3. The highest BCUT2D eigenvalue weighted by Gasteiger charge is 2.29. The molecule has 124 valence electrons. The summed E-state index contributed by atoms with van der Waals surface area (Å²) in [4.78, 5) is 10.4. The number of carbonyl (C=O) groups is 1. The highest BCUT2D eigenvalue weighted by atomic mass is 32.2. The Hall–Kier alpha value is -2.99. The van der Waals surface area contributed by atoms with Crippen molar-refractivity contribution >= 4 is 16.1 Å². The van der Waals surface area contributed by atoms with E-state index in [0.29, 0.717) is 12.1 Å². The van der Waals surface area contributed by atoms with Crippen molar-refractivity contribution in [1.29, 1.82) is 5.26 Å². The maximum atomic E-state index is 14.3. The Bertz CT molecular complexity index is 951. The topological polar surface area (TPSA) is 93.5 Å². The molecule has 0 spiro atoms. The molecule has 24 heavy (non-hydrogen) atoms. The van der Waals surface area contributed by atoms with Crippen LogP contribution in [0.5, 0.6) is 5.75 Å². The molecule has 0 radical (unpaired) electrons. The molecule has 9 heteroatoms. The zero-order valence-corrected chi connectivity index (χ0v) is 12.9. The Balaban J connectivity index is 2.50. The fraction of sp³-hybridized carbons (Fsp3) is 0.0667. The first kappa shape index (κ1) is 17.4. The second-order valence-corrected chi connectivity index (χ2v) is 5.92. The second-order valence-electron chi connectivity index (χ2n) is 4.40. The van der Waals surface area contributed by atoms with Crippen LogP contribution in [0.1, 0.15) is 15.9 Å². The molecule has 0 aliphatic rings. The zero-order valence-electron chi connectivity index (χ0n) is 12.1. The van der Waals surface area contributed by atoms with Gasteiger partial charge in [-0.3, -0.25) is 0 Å². The number of esters is 1. The standard InChI is InChI=1S/C15H9F2NO5S/c1-22-15(19)13-11(16)5-6-12(14(13)17)24(20,21)23-10-4-2-3-9(7-10)8-18/h2-7H,1H3. The maximum absolute atomic E-state index is 14.3. The Labute approximate surface area is 136 Å². The van der Waals surface area contributed by atoms with E-state index >= 15 is 0 Å². The summed E-state index contributed by atoms with van der Waals surface area (Å²) in [7, 11) is -3.81. The first-order valence-electron chi connectivity index (χ1n) is 6.31. The van der Waals surface area contributed by atoms with Crippen molar-refractivity contribution < 1.29 is 30.9 Å². The van der Waals surface area contributed by atoms with Gasteiger partial charge in [0.2, 0.25) is 0 Å². The van der Waals surface area contributed by atoms with E-state index < -0.39 is 38.2 Å². The highest BCUT2D eigenvalue weighted by Crippen LogP contribution is 2.25. The van der Waals surface area contributed by atoms with Gasteiger partial charge in [-0.1, -0.05) is 6.07 Å². The van der Waals surface area contributed by atoms with Crippen LogP contribution in [0.15, 0.2) is 41.3 Å². The summed E-state index contributed by atoms with van der Waals surface area (Å²) in [6.07, 6.45) is 0. The van der Waals surface area contributed by atoms with Crippen LogP contribution in [-0.4, -0.2) is 21.5 Å². The Morgan fingerprint density at radius 2 is 1.92 bits per heavy atom. The van der Waals surface area contributed by atoms with E-state index in [4.69, 9.17) is 9.44 Å². The van der Waals surface area contributed by atoms with Crippen molar-refractivity contribution in [2.75, 3.05) is 7.11 Å². The molecule has 0 heterocycles. The predicted molar refractivity (Wildman–Crippen MR) is 76.7 cm³/mol. The van der Waals surface area contributed by atoms with Crippen molar-refractivity contribution in [1.82, 2.24) is 0 Å². The fourth-order valence-corrected chi connectivity index (χ4v) is 2.81. The van der Waals surface area contributed by atoms with Gasteiger partial charge in [0.05, 0.1) is 18.7 Å². The molecule has 6 nitrogen and oxygen atoms in total. The summed E-state index contributed by atoms with van der Waals surface area (Å²) in [5.41, 5.74) is -1.02. The van der Waals surface area contributed by atoms with Gasteiger partial charge in [0.1, 0.15) is 22.0 Å². The van der Waals surface area contributed by atoms with Crippen molar-refractivity contribution in [3.63, 3.8) is 0 Å². The normalized spacial score (nSPS) is 10.8. The molecule has 0 aliphatic carbocycles. The predicted octanol–water partition coefficient (Wildman–Crippen LogP) is 2.39. The smallest absolute Gasteiger partial charge is 0.343 e. The molecule has 0 atom stereocenters. The van der Waals surface area contributed by atoms with Crippen LogP contribution in [0.2, 0.25) is 0 Å². The minimum Gasteiger partial charge on any atom is -0.465 e. The fourth-order valence-electron chi connectivity index (χ4n) is 1.80. The van der Waals surface area contributed by atoms with Gasteiger partial charge in [-0.05, 0) is 30.3 Å². The minimum atomic E-state index is -4.71. The number of ether oxygens (including phenoxy) is 1. The van der Waals surface area contributed by atoms with Crippen molar-refractivity contribution in [3.05, 3.63) is 59.2 Å². The van der Waals surface area contributed by atoms with Crippen molar-refractivity contribution in [3.8, 4) is 11.8 Å². The van der Waals surface area contributed by atoms with Gasteiger partial charge >= 0.3 is 16.1 Å². The number of benzene rings is 2. The monoisotopic (exact) mass is 353 g/mol. The molecule has 0 N–H and O–H groups in total. The molecular formula is C15H9F2NO5S. The number of nitriles is 1. The number of nitrogens with zero attached hydrogens (tertiary/aromatic N) is 1. The third-order valence-electron chi connectivity index (χ3n) is 2.88. The highest BCUT2D eigenvalue weighted by molar-refractivity contribution is 7.87. The summed E-state index contributed by atoms with van der Waals surface area (Å²) < 4.78 is 61.1. The lowest BCUT2D eigenvalue weighted by atomic mass is 10.2. The van der Waals surface area contributed by atoms with Crippen LogP contribution < -0.4 is 4.18 Å². The summed E-state index contributed by atoms with van der Waals surface area (Å²) in [5.74, 6) is -4.51. The molecule has 2 aromatic rings. The molecule has 0 bridgehead atoms. The van der Waals surface area contributed by atoms with E-state index in [1.165, 1.54) is 18.2 Å². The molecule has 2 rings (SSSR count). The quantitative estimate of drug-likeness (QED) is 0.619. The van der Waals surface area contributed by atoms with E-state index in [2.05, 4.69) is 4.74 Å². The maximum Gasteiger partial charge on any atom is 0.343 e. The van der Waals surface area contributed by atoms with Crippen LogP contribution in [-0.2, 0) is 14.9 Å². The van der Waals surface area contributed by atoms with E-state index in [0.717, 1.165) is 13.2 Å². The second kappa shape index (κ2) is 6.64. The van der Waals surface area contributed by atoms with E-state index in [-0.39, 0.29) is 11.3 Å². The Kier molecular flexibility index (Phi) is 4.80. The summed E-state index contributed by atoms with van der Waals surface area (Å²) in [5, 5.41) is 8.77. The van der Waals surface area contributed by atoms with E-state index in [1.807, 2.05) is 0 Å². The molecule has 0 saturated heterocycles. The number of rotatable bonds is 4. The molecule has 0 aromatic heterocycles. The molecule has 0 saturated carbocycles. The number of methoxy groups -OCH3 is 1. The Morgan fingerprint density at radius 1 is 1.21 bits per heavy atom. The average molecular weight is 353 g/mol. The van der Waals surface area contributed by atoms with Gasteiger partial charge in [-0.15, -0.1) is 0 Å². The molecule has 2 aromatic carbocycles. The lowest BCUT2D eigenvalue weighted by Crippen LogP contribution is -2.16. The largest absolute Gasteiger partial charge is 0.465 e. The van der Waals surface area contributed by atoms with Gasteiger partial charge in [-0.2, -0.15) is 13.7 Å². The number of carbonyl (C=O) groups excluding carboxylic acids is 1. The average Bonchev–Trinajstić information content (AvgIpc) is 2.54. The van der Waals surface area contributed by atoms with E-state index in [1.54, 1.807) is 6.07 Å². The van der Waals surface area contributed by atoms with Crippen molar-refractivity contribution in [2.24, 2.45) is 0 Å². The van der Waals surface area contributed by atoms with Crippen LogP contribution in [0, 0.1) is 23.0 Å². The van der Waals surface area contributed by atoms with Crippen LogP contribution in [0.3, 0.4) is 0 Å². The minimum absolute atomic E-state index is 0.123. The van der Waals surface area contributed by atoms with Gasteiger partial charge in [0.25, 0.3) is 0 Å². The molecular weight excluding hydrogens is 344 g/mol. The van der Waals surface area contributed by atoms with Crippen LogP contribution >= 0.6 is 0 Å². The first-order valence-corrected chi connectivity index (χ1v) is 7.72. The van der Waals surface area contributed by atoms with Crippen LogP contribution in [0.4, 0.5) is 8.78 Å². The van der Waals surface area contributed by atoms with Gasteiger partial charge < -0.3 is 8.92 Å². The molecule has 0 aliphatic heterocycles. The number of hydrogen-bond acceptors (Lipinski definition) is 6. The summed E-state index contributed by atoms with van der Waals surface area (Å²) >= 11 is 0. The Morgan fingerprint density at radius 3 is 2.54 bits per heavy atom. The van der Waals surface area contributed by atoms with E-state index in [9.17, 15) is 22.0 Å². The lowest BCUT2D eigenvalue weighted by Gasteiger charge is -2.10. The molecule has 0 unspecified atom stereocenters. The van der Waals surface area contributed by atoms with Gasteiger partial charge in [0, 0.05) is 0 Å². The van der Waals surface area contributed by atoms with Crippen molar-refractivity contribution in [2.45, 2.75) is 4.90 Å². The molecule has 0 amide bonds. The SMILES string of the molecule is COC(=O)c1c(F)ccc(S(=O)(=O)Oc2cccc(C#N)c2)c1F. The van der Waals surface area contributed by atoms with Crippen LogP contribution in [0.25, 0.3) is 0 Å². The number of halogens is 2. The third-order valence-corrected chi connectivity index (χ3v) is 4.15. The van der Waals surface area contributed by atoms with Gasteiger partial charge in [-0.25, -0.2) is 13.6 Å². The lowest BCUT2D eigenvalue weighted by molar-refractivity contribution is 0.0589. The third kappa shape index (κ3) is 3.33. The molecule has 0 fully saturated rings. The summed E-state index contributed by atoms with van der Waals surface area (Å²) in [6, 6.07) is 8.16. The zero-order chi connectivity index (χ0) is 17.9. The summed E-state index contributed by atoms with van der Waals surface area (Å²) in [6.45, 7) is 0. The van der Waals surface area contributed by atoms with Gasteiger partial charge in [0.15, 0.2) is 5.82 Å². The number of hydrogen-bond donors (Lipinski definition) is 0.